The van der Waals surface area contributed by atoms with Gasteiger partial charge < -0.3 is 9.30 Å². The minimum atomic E-state index is 0.148. The predicted molar refractivity (Wildman–Crippen MR) is 84.5 cm³/mol. The molecule has 0 N–H and O–H groups in total. The molecule has 0 aromatic carbocycles. The molecule has 0 saturated heterocycles. The number of fused-ring (bicyclic) bond motifs is 1. The van der Waals surface area contributed by atoms with Gasteiger partial charge in [-0.1, -0.05) is 11.6 Å². The standard InChI is InChI=1S/C15H21ClN4O/c1-4-19(5-2)15(21)11-18(3)9-13-10-20-8-12(16)6-7-14(20)17-13/h6-8,10H,4-5,9,11H2,1-3H3. The van der Waals surface area contributed by atoms with Crippen molar-refractivity contribution in [2.45, 2.75) is 20.4 Å². The number of carbonyl (C=O) groups excluding carboxylic acids is 1. The Morgan fingerprint density at radius 1 is 1.29 bits per heavy atom. The van der Waals surface area contributed by atoms with Crippen LogP contribution in [0.4, 0.5) is 0 Å². The maximum Gasteiger partial charge on any atom is 0.236 e. The van der Waals surface area contributed by atoms with Gasteiger partial charge in [-0.2, -0.15) is 0 Å². The third-order valence-electron chi connectivity index (χ3n) is 3.42. The fraction of sp³-hybridized carbons (Fsp3) is 0.467. The van der Waals surface area contributed by atoms with Gasteiger partial charge in [-0.15, -0.1) is 0 Å². The van der Waals surface area contributed by atoms with Crippen LogP contribution in [0.1, 0.15) is 19.5 Å². The molecule has 21 heavy (non-hydrogen) atoms. The number of aromatic nitrogens is 2. The third kappa shape index (κ3) is 3.95. The zero-order chi connectivity index (χ0) is 15.4. The van der Waals surface area contributed by atoms with Crippen LogP contribution in [0.25, 0.3) is 5.65 Å². The van der Waals surface area contributed by atoms with E-state index in [1.165, 1.54) is 0 Å². The number of nitrogens with zero attached hydrogens (tertiary/aromatic N) is 4. The summed E-state index contributed by atoms with van der Waals surface area (Å²) >= 11 is 5.96. The van der Waals surface area contributed by atoms with Gasteiger partial charge in [0.2, 0.25) is 5.91 Å². The van der Waals surface area contributed by atoms with Crippen molar-refractivity contribution in [3.05, 3.63) is 35.2 Å². The van der Waals surface area contributed by atoms with Gasteiger partial charge in [-0.05, 0) is 33.0 Å². The van der Waals surface area contributed by atoms with Crippen molar-refractivity contribution in [3.63, 3.8) is 0 Å². The van der Waals surface area contributed by atoms with Gasteiger partial charge in [-0.3, -0.25) is 9.69 Å². The normalized spacial score (nSPS) is 11.3. The van der Waals surface area contributed by atoms with Crippen LogP contribution in [-0.4, -0.2) is 51.8 Å². The molecule has 1 amide bonds. The quantitative estimate of drug-likeness (QED) is 0.822. The summed E-state index contributed by atoms with van der Waals surface area (Å²) in [6.07, 6.45) is 3.77. The molecule has 2 aromatic heterocycles. The molecule has 0 aliphatic rings. The smallest absolute Gasteiger partial charge is 0.236 e. The van der Waals surface area contributed by atoms with Crippen LogP contribution in [0.15, 0.2) is 24.5 Å². The number of amides is 1. The summed E-state index contributed by atoms with van der Waals surface area (Å²) in [7, 11) is 1.93. The molecule has 2 heterocycles. The van der Waals surface area contributed by atoms with E-state index in [1.54, 1.807) is 0 Å². The van der Waals surface area contributed by atoms with Gasteiger partial charge in [0, 0.05) is 32.0 Å². The number of rotatable bonds is 6. The Kier molecular flexibility index (Phi) is 5.20. The van der Waals surface area contributed by atoms with E-state index < -0.39 is 0 Å². The van der Waals surface area contributed by atoms with Gasteiger partial charge in [0.1, 0.15) is 5.65 Å². The molecule has 0 radical (unpaired) electrons. The van der Waals surface area contributed by atoms with Crippen LogP contribution in [0.5, 0.6) is 0 Å². The molecule has 114 valence electrons. The lowest BCUT2D eigenvalue weighted by atomic mass is 10.4. The van der Waals surface area contributed by atoms with Crippen LogP contribution in [0.2, 0.25) is 5.02 Å². The summed E-state index contributed by atoms with van der Waals surface area (Å²) in [4.78, 5) is 20.4. The van der Waals surface area contributed by atoms with Gasteiger partial charge in [-0.25, -0.2) is 4.98 Å². The topological polar surface area (TPSA) is 40.9 Å². The highest BCUT2D eigenvalue weighted by molar-refractivity contribution is 6.30. The van der Waals surface area contributed by atoms with Crippen molar-refractivity contribution in [1.82, 2.24) is 19.2 Å². The molecule has 0 spiro atoms. The predicted octanol–water partition coefficient (Wildman–Crippen LogP) is 2.29. The summed E-state index contributed by atoms with van der Waals surface area (Å²) in [5.41, 5.74) is 1.78. The Morgan fingerprint density at radius 3 is 2.67 bits per heavy atom. The summed E-state index contributed by atoms with van der Waals surface area (Å²) in [5, 5.41) is 0.677. The molecule has 0 atom stereocenters. The van der Waals surface area contributed by atoms with Crippen molar-refractivity contribution in [2.24, 2.45) is 0 Å². The maximum atomic E-state index is 12.1. The Labute approximate surface area is 130 Å². The first-order valence-corrected chi connectivity index (χ1v) is 7.50. The van der Waals surface area contributed by atoms with Crippen molar-refractivity contribution < 1.29 is 4.79 Å². The minimum Gasteiger partial charge on any atom is -0.342 e. The largest absolute Gasteiger partial charge is 0.342 e. The van der Waals surface area contributed by atoms with Crippen molar-refractivity contribution in [2.75, 3.05) is 26.7 Å². The third-order valence-corrected chi connectivity index (χ3v) is 3.64. The van der Waals surface area contributed by atoms with E-state index in [2.05, 4.69) is 4.98 Å². The van der Waals surface area contributed by atoms with E-state index in [4.69, 9.17) is 11.6 Å². The molecule has 0 aliphatic carbocycles. The molecule has 5 nitrogen and oxygen atoms in total. The molecule has 2 aromatic rings. The molecular weight excluding hydrogens is 288 g/mol. The van der Waals surface area contributed by atoms with Gasteiger partial charge in [0.15, 0.2) is 0 Å². The van der Waals surface area contributed by atoms with E-state index in [1.807, 2.05) is 59.6 Å². The second kappa shape index (κ2) is 6.91. The zero-order valence-electron chi connectivity index (χ0n) is 12.7. The fourth-order valence-electron chi connectivity index (χ4n) is 2.33. The number of hydrogen-bond donors (Lipinski definition) is 0. The number of imidazole rings is 1. The van der Waals surface area contributed by atoms with Crippen molar-refractivity contribution in [1.29, 1.82) is 0 Å². The van der Waals surface area contributed by atoms with E-state index >= 15 is 0 Å². The van der Waals surface area contributed by atoms with E-state index in [9.17, 15) is 4.79 Å². The van der Waals surface area contributed by atoms with Crippen LogP contribution >= 0.6 is 11.6 Å². The van der Waals surface area contributed by atoms with E-state index in [0.29, 0.717) is 18.1 Å². The Bertz CT molecular complexity index is 621. The average molecular weight is 309 g/mol. The molecule has 2 rings (SSSR count). The average Bonchev–Trinajstić information content (AvgIpc) is 2.80. The lowest BCUT2D eigenvalue weighted by Crippen LogP contribution is -2.38. The molecule has 0 aliphatic heterocycles. The van der Waals surface area contributed by atoms with Gasteiger partial charge in [0.25, 0.3) is 0 Å². The number of halogens is 1. The molecule has 0 bridgehead atoms. The van der Waals surface area contributed by atoms with Crippen molar-refractivity contribution >= 4 is 23.2 Å². The first-order valence-electron chi connectivity index (χ1n) is 7.13. The molecule has 0 unspecified atom stereocenters. The summed E-state index contributed by atoms with van der Waals surface area (Å²) in [5.74, 6) is 0.148. The molecular formula is C15H21ClN4O. The Morgan fingerprint density at radius 2 is 2.00 bits per heavy atom. The zero-order valence-corrected chi connectivity index (χ0v) is 13.5. The second-order valence-electron chi connectivity index (χ2n) is 5.08. The first-order chi connectivity index (χ1) is 10.0. The maximum absolute atomic E-state index is 12.1. The van der Waals surface area contributed by atoms with E-state index in [-0.39, 0.29) is 5.91 Å². The Hall–Kier alpha value is -1.59. The lowest BCUT2D eigenvalue weighted by molar-refractivity contribution is -0.131. The number of hydrogen-bond acceptors (Lipinski definition) is 3. The fourth-order valence-corrected chi connectivity index (χ4v) is 2.50. The Balaban J connectivity index is 2.00. The van der Waals surface area contributed by atoms with Crippen LogP contribution in [0.3, 0.4) is 0 Å². The van der Waals surface area contributed by atoms with E-state index in [0.717, 1.165) is 24.4 Å². The number of carbonyl (C=O) groups is 1. The minimum absolute atomic E-state index is 0.148. The molecule has 0 fully saturated rings. The van der Waals surface area contributed by atoms with Crippen LogP contribution in [-0.2, 0) is 11.3 Å². The number of pyridine rings is 1. The second-order valence-corrected chi connectivity index (χ2v) is 5.52. The first kappa shape index (κ1) is 15.8. The summed E-state index contributed by atoms with van der Waals surface area (Å²) < 4.78 is 1.90. The van der Waals surface area contributed by atoms with Gasteiger partial charge >= 0.3 is 0 Å². The lowest BCUT2D eigenvalue weighted by Gasteiger charge is -2.22. The summed E-state index contributed by atoms with van der Waals surface area (Å²) in [6, 6.07) is 3.70. The SMILES string of the molecule is CCN(CC)C(=O)CN(C)Cc1cn2cc(Cl)ccc2n1. The van der Waals surface area contributed by atoms with Gasteiger partial charge in [0.05, 0.1) is 17.3 Å². The number of likely N-dealkylation sites (N-methyl/N-ethyl adjacent to an activating group) is 2. The van der Waals surface area contributed by atoms with Crippen LogP contribution in [0, 0.1) is 0 Å². The van der Waals surface area contributed by atoms with Crippen molar-refractivity contribution in [3.8, 4) is 0 Å². The highest BCUT2D eigenvalue weighted by atomic mass is 35.5. The molecule has 0 saturated carbocycles. The highest BCUT2D eigenvalue weighted by Gasteiger charge is 2.13. The molecule has 6 heteroatoms. The highest BCUT2D eigenvalue weighted by Crippen LogP contribution is 2.12. The van der Waals surface area contributed by atoms with Crippen LogP contribution < -0.4 is 0 Å². The monoisotopic (exact) mass is 308 g/mol. The summed E-state index contributed by atoms with van der Waals surface area (Å²) in [6.45, 7) is 6.51.